The number of hydrogen-bond acceptors (Lipinski definition) is 0. The maximum absolute atomic E-state index is 2.32. The van der Waals surface area contributed by atoms with Crippen molar-refractivity contribution < 1.29 is 0 Å². The van der Waals surface area contributed by atoms with E-state index in [1.165, 1.54) is 28.9 Å². The van der Waals surface area contributed by atoms with Gasteiger partial charge in [0.15, 0.2) is 0 Å². The van der Waals surface area contributed by atoms with Crippen LogP contribution in [0.25, 0.3) is 11.6 Å². The summed E-state index contributed by atoms with van der Waals surface area (Å²) in [5, 5.41) is 2.86. The Kier molecular flexibility index (Phi) is 7.71. The van der Waals surface area contributed by atoms with Crippen LogP contribution in [0.2, 0.25) is 0 Å². The van der Waals surface area contributed by atoms with Gasteiger partial charge in [0, 0.05) is 0 Å². The molecule has 1 aliphatic rings. The van der Waals surface area contributed by atoms with Crippen molar-refractivity contribution in [2.45, 2.75) is 47.5 Å². The minimum Gasteiger partial charge on any atom is -0.0763 e. The van der Waals surface area contributed by atoms with Gasteiger partial charge in [-0.3, -0.25) is 0 Å². The molecule has 1 aromatic carbocycles. The van der Waals surface area contributed by atoms with Crippen LogP contribution in [0, 0.1) is 0 Å². The van der Waals surface area contributed by atoms with Gasteiger partial charge in [0.05, 0.1) is 0 Å². The Morgan fingerprint density at radius 3 is 2.13 bits per heavy atom. The van der Waals surface area contributed by atoms with Crippen molar-refractivity contribution in [1.82, 2.24) is 0 Å². The smallest absolute Gasteiger partial charge is 0.0198 e. The van der Waals surface area contributed by atoms with Gasteiger partial charge in [-0.15, -0.1) is 0 Å². The first-order chi connectivity index (χ1) is 7.38. The molecule has 0 saturated heterocycles. The molecule has 0 amide bonds. The molecule has 0 unspecified atom stereocenters. The Labute approximate surface area is 94.3 Å². The number of benzene rings is 1. The molecular weight excluding hydrogens is 180 g/mol. The topological polar surface area (TPSA) is 0 Å². The minimum atomic E-state index is 1.21. The van der Waals surface area contributed by atoms with Crippen molar-refractivity contribution in [2.24, 2.45) is 0 Å². The minimum absolute atomic E-state index is 1.21. The molecule has 2 rings (SSSR count). The summed E-state index contributed by atoms with van der Waals surface area (Å²) in [6, 6.07) is 8.62. The molecule has 0 radical (unpaired) electrons. The molecule has 0 nitrogen and oxygen atoms in total. The predicted octanol–water partition coefficient (Wildman–Crippen LogP) is 3.48. The van der Waals surface area contributed by atoms with Crippen molar-refractivity contribution >= 4 is 11.6 Å². The van der Waals surface area contributed by atoms with Crippen LogP contribution >= 0.6 is 0 Å². The Morgan fingerprint density at radius 2 is 1.53 bits per heavy atom. The van der Waals surface area contributed by atoms with E-state index in [2.05, 4.69) is 37.3 Å². The standard InChI is InChI=1S/C11H12.2C2H6/c1-9-5-4-7-10-6-2-3-8-11(9)10;2*1-2/h2-3,6-8H,4-5H2,1H3;2*1-2H3. The molecule has 0 aliphatic heterocycles. The third-order valence-corrected chi connectivity index (χ3v) is 2.30. The van der Waals surface area contributed by atoms with Crippen LogP contribution < -0.4 is 10.4 Å². The summed E-state index contributed by atoms with van der Waals surface area (Å²) in [7, 11) is 0. The summed E-state index contributed by atoms with van der Waals surface area (Å²) in [5.41, 5.74) is 1.53. The second-order valence-electron chi connectivity index (χ2n) is 3.11. The summed E-state index contributed by atoms with van der Waals surface area (Å²) < 4.78 is 0. The van der Waals surface area contributed by atoms with Crippen molar-refractivity contribution in [1.29, 1.82) is 0 Å². The largest absolute Gasteiger partial charge is 0.0763 e. The van der Waals surface area contributed by atoms with Crippen molar-refractivity contribution in [3.05, 3.63) is 34.7 Å². The van der Waals surface area contributed by atoms with E-state index in [9.17, 15) is 0 Å². The Morgan fingerprint density at radius 1 is 0.933 bits per heavy atom. The van der Waals surface area contributed by atoms with E-state index in [4.69, 9.17) is 0 Å². The fourth-order valence-electron chi connectivity index (χ4n) is 1.64. The summed E-state index contributed by atoms with van der Waals surface area (Å²) in [6.07, 6.45) is 4.77. The molecule has 15 heavy (non-hydrogen) atoms. The second kappa shape index (κ2) is 8.28. The molecule has 1 aromatic rings. The zero-order valence-corrected chi connectivity index (χ0v) is 10.8. The molecule has 84 valence electrons. The van der Waals surface area contributed by atoms with E-state index >= 15 is 0 Å². The normalized spacial score (nSPS) is 12.2. The van der Waals surface area contributed by atoms with Gasteiger partial charge in [0.25, 0.3) is 0 Å². The van der Waals surface area contributed by atoms with Gasteiger partial charge < -0.3 is 0 Å². The van der Waals surface area contributed by atoms with E-state index in [1.54, 1.807) is 0 Å². The van der Waals surface area contributed by atoms with Crippen molar-refractivity contribution in [3.63, 3.8) is 0 Å². The molecule has 0 spiro atoms. The molecule has 0 fully saturated rings. The zero-order chi connectivity index (χ0) is 11.7. The average molecular weight is 204 g/mol. The van der Waals surface area contributed by atoms with Gasteiger partial charge in [-0.1, -0.05) is 63.6 Å². The highest BCUT2D eigenvalue weighted by Gasteiger charge is 1.96. The highest BCUT2D eigenvalue weighted by atomic mass is 14.0. The number of rotatable bonds is 0. The summed E-state index contributed by atoms with van der Waals surface area (Å²) in [5.74, 6) is 0. The molecule has 0 N–H and O–H groups in total. The third-order valence-electron chi connectivity index (χ3n) is 2.30. The quantitative estimate of drug-likeness (QED) is 0.607. The Hall–Kier alpha value is -1.04. The summed E-state index contributed by atoms with van der Waals surface area (Å²) in [6.45, 7) is 10.2. The molecule has 0 heteroatoms. The monoisotopic (exact) mass is 204 g/mol. The van der Waals surface area contributed by atoms with Gasteiger partial charge in [0.2, 0.25) is 0 Å². The summed E-state index contributed by atoms with van der Waals surface area (Å²) >= 11 is 0. The van der Waals surface area contributed by atoms with Gasteiger partial charge in [-0.05, 0) is 30.2 Å². The zero-order valence-electron chi connectivity index (χ0n) is 10.8. The van der Waals surface area contributed by atoms with Gasteiger partial charge in [-0.25, -0.2) is 0 Å². The van der Waals surface area contributed by atoms with Gasteiger partial charge >= 0.3 is 0 Å². The lowest BCUT2D eigenvalue weighted by Gasteiger charge is -2.04. The highest BCUT2D eigenvalue weighted by Crippen LogP contribution is 2.05. The third kappa shape index (κ3) is 3.91. The van der Waals surface area contributed by atoms with Crippen LogP contribution in [0.5, 0.6) is 0 Å². The van der Waals surface area contributed by atoms with Crippen LogP contribution in [0.3, 0.4) is 0 Å². The number of hydrogen-bond donors (Lipinski definition) is 0. The van der Waals surface area contributed by atoms with Gasteiger partial charge in [-0.2, -0.15) is 0 Å². The summed E-state index contributed by atoms with van der Waals surface area (Å²) in [4.78, 5) is 0. The van der Waals surface area contributed by atoms with E-state index in [0.29, 0.717) is 0 Å². The molecule has 1 aliphatic carbocycles. The first-order valence-corrected chi connectivity index (χ1v) is 6.13. The van der Waals surface area contributed by atoms with E-state index in [-0.39, 0.29) is 0 Å². The van der Waals surface area contributed by atoms with Crippen LogP contribution in [0.15, 0.2) is 24.3 Å². The van der Waals surface area contributed by atoms with Crippen LogP contribution in [-0.4, -0.2) is 0 Å². The van der Waals surface area contributed by atoms with E-state index in [0.717, 1.165) is 0 Å². The van der Waals surface area contributed by atoms with Crippen molar-refractivity contribution in [3.8, 4) is 0 Å². The lowest BCUT2D eigenvalue weighted by molar-refractivity contribution is 1.07. The predicted molar refractivity (Wildman–Crippen MR) is 71.2 cm³/mol. The SMILES string of the molecule is CC.CC.CC1=c2ccccc2=CCC1. The maximum atomic E-state index is 2.32. The molecule has 0 aromatic heterocycles. The lowest BCUT2D eigenvalue weighted by Crippen LogP contribution is -2.27. The molecule has 0 saturated carbocycles. The second-order valence-corrected chi connectivity index (χ2v) is 3.11. The Bertz CT molecular complexity index is 371. The fourth-order valence-corrected chi connectivity index (χ4v) is 1.64. The van der Waals surface area contributed by atoms with E-state index < -0.39 is 0 Å². The molecule has 0 bridgehead atoms. The molecular formula is C15H24. The van der Waals surface area contributed by atoms with Crippen LogP contribution in [0.4, 0.5) is 0 Å². The molecule has 0 atom stereocenters. The first-order valence-electron chi connectivity index (χ1n) is 6.13. The lowest BCUT2D eigenvalue weighted by atomic mass is 10.0. The van der Waals surface area contributed by atoms with E-state index in [1.807, 2.05) is 27.7 Å². The average Bonchev–Trinajstić information content (AvgIpc) is 2.35. The number of fused-ring (bicyclic) bond motifs is 1. The van der Waals surface area contributed by atoms with Crippen LogP contribution in [0.1, 0.15) is 47.5 Å². The Balaban J connectivity index is 0.000000442. The first kappa shape index (κ1) is 14.0. The van der Waals surface area contributed by atoms with Crippen molar-refractivity contribution in [2.75, 3.05) is 0 Å². The maximum Gasteiger partial charge on any atom is -0.0198 e. The highest BCUT2D eigenvalue weighted by molar-refractivity contribution is 5.48. The van der Waals surface area contributed by atoms with Crippen LogP contribution in [-0.2, 0) is 0 Å². The molecule has 0 heterocycles. The fraction of sp³-hybridized carbons (Fsp3) is 0.467. The van der Waals surface area contributed by atoms with Gasteiger partial charge in [0.1, 0.15) is 0 Å².